The van der Waals surface area contributed by atoms with Crippen molar-refractivity contribution in [2.45, 2.75) is 25.3 Å². The van der Waals surface area contributed by atoms with Gasteiger partial charge < -0.3 is 19.6 Å². The molecule has 1 unspecified atom stereocenters. The molecule has 0 bridgehead atoms. The van der Waals surface area contributed by atoms with Crippen molar-refractivity contribution in [3.05, 3.63) is 77.7 Å². The van der Waals surface area contributed by atoms with Gasteiger partial charge in [-0.15, -0.1) is 0 Å². The molecule has 0 radical (unpaired) electrons. The van der Waals surface area contributed by atoms with Crippen molar-refractivity contribution in [2.24, 2.45) is 0 Å². The molecule has 0 aliphatic heterocycles. The maximum Gasteiger partial charge on any atom is 0.411 e. The number of carboxylic acid groups (broad SMARTS) is 1. The Hall–Kier alpha value is -4.07. The lowest BCUT2D eigenvalue weighted by Gasteiger charge is -2.15. The highest BCUT2D eigenvalue weighted by Crippen LogP contribution is 2.44. The lowest BCUT2D eigenvalue weighted by Crippen LogP contribution is -2.40. The van der Waals surface area contributed by atoms with E-state index in [0.29, 0.717) is 0 Å². The number of rotatable bonds is 7. The van der Waals surface area contributed by atoms with Gasteiger partial charge in [0.15, 0.2) is 0 Å². The van der Waals surface area contributed by atoms with E-state index < -0.39 is 24.0 Å². The Morgan fingerprint density at radius 1 is 1.03 bits per heavy atom. The van der Waals surface area contributed by atoms with Crippen molar-refractivity contribution < 1.29 is 28.6 Å². The smallest absolute Gasteiger partial charge is 0.411 e. The molecular weight excluding hydrogens is 412 g/mol. The van der Waals surface area contributed by atoms with Gasteiger partial charge in [0.1, 0.15) is 12.6 Å². The van der Waals surface area contributed by atoms with Crippen LogP contribution in [0.3, 0.4) is 0 Å². The Kier molecular flexibility index (Phi) is 5.93. The van der Waals surface area contributed by atoms with Crippen molar-refractivity contribution in [2.75, 3.05) is 11.9 Å². The molecule has 3 aromatic rings. The van der Waals surface area contributed by atoms with Crippen LogP contribution in [-0.4, -0.2) is 35.7 Å². The summed E-state index contributed by atoms with van der Waals surface area (Å²) in [6.45, 7) is 1.76. The van der Waals surface area contributed by atoms with E-state index in [9.17, 15) is 14.4 Å². The predicted octanol–water partition coefficient (Wildman–Crippen LogP) is 4.23. The number of fused-ring (bicyclic) bond motifs is 3. The van der Waals surface area contributed by atoms with Crippen molar-refractivity contribution in [1.82, 2.24) is 5.32 Å². The van der Waals surface area contributed by atoms with Gasteiger partial charge in [0.05, 0.1) is 12.0 Å². The molecule has 164 valence electrons. The molecule has 1 aliphatic rings. The molecule has 1 heterocycles. The fraction of sp³-hybridized carbons (Fsp3) is 0.208. The van der Waals surface area contributed by atoms with E-state index in [4.69, 9.17) is 14.3 Å². The number of carbonyl (C=O) groups excluding carboxylic acids is 2. The maximum absolute atomic E-state index is 12.5. The average Bonchev–Trinajstić information content (AvgIpc) is 3.38. The van der Waals surface area contributed by atoms with Crippen LogP contribution in [0.25, 0.3) is 11.1 Å². The zero-order valence-corrected chi connectivity index (χ0v) is 17.3. The lowest BCUT2D eigenvalue weighted by atomic mass is 9.98. The van der Waals surface area contributed by atoms with Crippen molar-refractivity contribution >= 4 is 23.7 Å². The Balaban J connectivity index is 1.42. The monoisotopic (exact) mass is 434 g/mol. The molecule has 8 nitrogen and oxygen atoms in total. The van der Waals surface area contributed by atoms with Crippen LogP contribution in [0.2, 0.25) is 0 Å². The summed E-state index contributed by atoms with van der Waals surface area (Å²) in [6.07, 6.45) is 0.694. The van der Waals surface area contributed by atoms with Gasteiger partial charge in [-0.25, -0.2) is 9.59 Å². The minimum Gasteiger partial charge on any atom is -0.480 e. The number of benzene rings is 2. The summed E-state index contributed by atoms with van der Waals surface area (Å²) < 4.78 is 10.6. The molecule has 0 saturated carbocycles. The molecule has 32 heavy (non-hydrogen) atoms. The van der Waals surface area contributed by atoms with Crippen molar-refractivity contribution in [3.63, 3.8) is 0 Å². The first kappa shape index (κ1) is 21.2. The van der Waals surface area contributed by atoms with Gasteiger partial charge in [0.2, 0.25) is 5.76 Å². The molecule has 4 rings (SSSR count). The van der Waals surface area contributed by atoms with E-state index in [1.54, 1.807) is 6.92 Å². The first-order valence-corrected chi connectivity index (χ1v) is 10.2. The molecule has 1 aromatic heterocycles. The van der Waals surface area contributed by atoms with Gasteiger partial charge in [0, 0.05) is 12.0 Å². The zero-order chi connectivity index (χ0) is 22.7. The molecular formula is C24H22N2O6. The minimum atomic E-state index is -1.15. The lowest BCUT2D eigenvalue weighted by molar-refractivity contribution is -0.139. The van der Waals surface area contributed by atoms with Gasteiger partial charge >= 0.3 is 12.1 Å². The Morgan fingerprint density at radius 3 is 2.25 bits per heavy atom. The van der Waals surface area contributed by atoms with E-state index in [-0.39, 0.29) is 30.4 Å². The van der Waals surface area contributed by atoms with Crippen LogP contribution >= 0.6 is 0 Å². The average molecular weight is 434 g/mol. The maximum atomic E-state index is 12.5. The summed E-state index contributed by atoms with van der Waals surface area (Å²) in [4.78, 5) is 36.0. The number of carboxylic acids is 1. The van der Waals surface area contributed by atoms with Gasteiger partial charge in [-0.3, -0.25) is 10.1 Å². The summed E-state index contributed by atoms with van der Waals surface area (Å²) in [5.41, 5.74) is 4.51. The molecule has 8 heteroatoms. The topological polar surface area (TPSA) is 118 Å². The number of furan rings is 1. The van der Waals surface area contributed by atoms with Gasteiger partial charge in [-0.05, 0) is 28.7 Å². The zero-order valence-electron chi connectivity index (χ0n) is 17.3. The molecule has 1 atom stereocenters. The molecule has 1 aliphatic carbocycles. The Bertz CT molecular complexity index is 1120. The first-order valence-electron chi connectivity index (χ1n) is 10.2. The van der Waals surface area contributed by atoms with E-state index in [2.05, 4.69) is 10.6 Å². The minimum absolute atomic E-state index is 0.0962. The van der Waals surface area contributed by atoms with Crippen LogP contribution in [0, 0.1) is 0 Å². The quantitative estimate of drug-likeness (QED) is 0.512. The highest BCUT2D eigenvalue weighted by atomic mass is 16.5. The van der Waals surface area contributed by atoms with Gasteiger partial charge in [-0.1, -0.05) is 55.5 Å². The second-order valence-electron chi connectivity index (χ2n) is 7.39. The summed E-state index contributed by atoms with van der Waals surface area (Å²) >= 11 is 0. The largest absolute Gasteiger partial charge is 0.480 e. The Labute approximate surface area is 184 Å². The summed E-state index contributed by atoms with van der Waals surface area (Å²) in [6, 6.07) is 16.3. The number of ether oxygens (including phenoxy) is 1. The number of hydrogen-bond acceptors (Lipinski definition) is 5. The van der Waals surface area contributed by atoms with Gasteiger partial charge in [-0.2, -0.15) is 0 Å². The second-order valence-corrected chi connectivity index (χ2v) is 7.39. The van der Waals surface area contributed by atoms with Crippen molar-refractivity contribution in [3.8, 4) is 11.1 Å². The van der Waals surface area contributed by atoms with E-state index in [0.717, 1.165) is 22.3 Å². The summed E-state index contributed by atoms with van der Waals surface area (Å²) in [5, 5.41) is 14.0. The van der Waals surface area contributed by atoms with Crippen molar-refractivity contribution in [1.29, 1.82) is 0 Å². The molecule has 0 fully saturated rings. The third-order valence-electron chi connectivity index (χ3n) is 5.46. The predicted molar refractivity (Wildman–Crippen MR) is 117 cm³/mol. The highest BCUT2D eigenvalue weighted by Gasteiger charge is 2.29. The van der Waals surface area contributed by atoms with Gasteiger partial charge in [0.25, 0.3) is 5.91 Å². The molecule has 2 amide bonds. The number of hydrogen-bond donors (Lipinski definition) is 3. The van der Waals surface area contributed by atoms with E-state index in [1.807, 2.05) is 48.5 Å². The summed E-state index contributed by atoms with van der Waals surface area (Å²) in [7, 11) is 0. The van der Waals surface area contributed by atoms with Crippen LogP contribution < -0.4 is 10.6 Å². The second kappa shape index (κ2) is 8.97. The molecule has 0 spiro atoms. The third kappa shape index (κ3) is 4.07. The van der Waals surface area contributed by atoms with Crippen LogP contribution in [0.4, 0.5) is 10.5 Å². The number of nitrogens with one attached hydrogen (secondary N) is 2. The third-order valence-corrected chi connectivity index (χ3v) is 5.46. The van der Waals surface area contributed by atoms with Crippen LogP contribution in [-0.2, 0) is 9.53 Å². The number of carbonyl (C=O) groups is 3. The van der Waals surface area contributed by atoms with Crippen LogP contribution in [0.15, 0.2) is 65.3 Å². The van der Waals surface area contributed by atoms with E-state index in [1.165, 1.54) is 12.3 Å². The molecule has 0 saturated heterocycles. The Morgan fingerprint density at radius 2 is 1.66 bits per heavy atom. The molecule has 2 aromatic carbocycles. The highest BCUT2D eigenvalue weighted by molar-refractivity contribution is 6.01. The summed E-state index contributed by atoms with van der Waals surface area (Å²) in [5.74, 6) is -2.18. The number of aliphatic carboxylic acids is 1. The number of amides is 2. The number of anilines is 1. The van der Waals surface area contributed by atoms with Crippen LogP contribution in [0.5, 0.6) is 0 Å². The first-order chi connectivity index (χ1) is 15.5. The fourth-order valence-corrected chi connectivity index (χ4v) is 3.89. The van der Waals surface area contributed by atoms with Crippen LogP contribution in [0.1, 0.15) is 40.9 Å². The molecule has 3 N–H and O–H groups in total. The standard InChI is InChI=1S/C24H22N2O6/c1-2-19(23(28)29)25-22(27)21-20(11-12-31-21)26-24(30)32-13-18-16-9-5-3-7-14(16)15-8-4-6-10-17(15)18/h3-12,18-19H,2,13H2,1H3,(H,25,27)(H,26,30)(H,28,29). The fourth-order valence-electron chi connectivity index (χ4n) is 3.89. The normalized spacial score (nSPS) is 13.0. The van der Waals surface area contributed by atoms with E-state index >= 15 is 0 Å². The SMILES string of the molecule is CCC(NC(=O)c1occc1NC(=O)OCC1c2ccccc2-c2ccccc21)C(=O)O.